The predicted octanol–water partition coefficient (Wildman–Crippen LogP) is 3.84. The van der Waals surface area contributed by atoms with E-state index >= 15 is 0 Å². The molecule has 0 bridgehead atoms. The van der Waals surface area contributed by atoms with Gasteiger partial charge in [-0.3, -0.25) is 0 Å². The Morgan fingerprint density at radius 3 is 2.60 bits per heavy atom. The third kappa shape index (κ3) is 2.11. The van der Waals surface area contributed by atoms with E-state index in [4.69, 9.17) is 0 Å². The molecular formula is C13H20OS. The quantitative estimate of drug-likeness (QED) is 0.809. The van der Waals surface area contributed by atoms with Crippen LogP contribution >= 0.6 is 11.3 Å². The lowest BCUT2D eigenvalue weighted by atomic mass is 9.76. The normalized spacial score (nSPS) is 31.8. The molecular weight excluding hydrogens is 204 g/mol. The second-order valence-electron chi connectivity index (χ2n) is 4.82. The van der Waals surface area contributed by atoms with Crippen LogP contribution in [0.2, 0.25) is 0 Å². The Kier molecular flexibility index (Phi) is 3.17. The molecule has 2 heteroatoms. The molecule has 1 aliphatic carbocycles. The number of rotatable bonds is 2. The lowest BCUT2D eigenvalue weighted by Crippen LogP contribution is -2.31. The van der Waals surface area contributed by atoms with Crippen molar-refractivity contribution in [2.24, 2.45) is 5.92 Å². The molecule has 1 N–H and O–H groups in total. The van der Waals surface area contributed by atoms with Crippen molar-refractivity contribution in [3.05, 3.63) is 21.9 Å². The Morgan fingerprint density at radius 2 is 2.13 bits per heavy atom. The van der Waals surface area contributed by atoms with Crippen LogP contribution in [0.1, 0.15) is 49.5 Å². The van der Waals surface area contributed by atoms with Crippen molar-refractivity contribution in [1.29, 1.82) is 0 Å². The highest BCUT2D eigenvalue weighted by Crippen LogP contribution is 2.43. The Morgan fingerprint density at radius 1 is 1.47 bits per heavy atom. The van der Waals surface area contributed by atoms with E-state index in [0.717, 1.165) is 18.8 Å². The van der Waals surface area contributed by atoms with Crippen molar-refractivity contribution in [2.45, 2.75) is 51.6 Å². The van der Waals surface area contributed by atoms with Crippen LogP contribution in [0.3, 0.4) is 0 Å². The minimum Gasteiger partial charge on any atom is -0.384 e. The molecule has 1 fully saturated rings. The molecule has 1 aliphatic rings. The van der Waals surface area contributed by atoms with Crippen LogP contribution in [-0.2, 0) is 5.60 Å². The van der Waals surface area contributed by atoms with Crippen LogP contribution in [0.4, 0.5) is 0 Å². The van der Waals surface area contributed by atoms with E-state index in [1.165, 1.54) is 29.7 Å². The third-order valence-electron chi connectivity index (χ3n) is 3.79. The molecule has 0 spiro atoms. The minimum atomic E-state index is -0.510. The summed E-state index contributed by atoms with van der Waals surface area (Å²) < 4.78 is 0. The molecule has 1 heterocycles. The minimum absolute atomic E-state index is 0.510. The molecule has 1 nitrogen and oxygen atoms in total. The molecule has 0 unspecified atom stereocenters. The molecule has 0 aromatic carbocycles. The van der Waals surface area contributed by atoms with Crippen LogP contribution in [0.5, 0.6) is 0 Å². The van der Waals surface area contributed by atoms with Crippen molar-refractivity contribution in [1.82, 2.24) is 0 Å². The van der Waals surface area contributed by atoms with E-state index < -0.39 is 5.60 Å². The number of hydrogen-bond acceptors (Lipinski definition) is 2. The molecule has 15 heavy (non-hydrogen) atoms. The van der Waals surface area contributed by atoms with Crippen LogP contribution in [0.25, 0.3) is 0 Å². The van der Waals surface area contributed by atoms with Crippen molar-refractivity contribution in [3.8, 4) is 0 Å². The number of hydrogen-bond donors (Lipinski definition) is 1. The smallest absolute Gasteiger partial charge is 0.0990 e. The SMILES string of the molecule is CCC1CCC(O)(c2sccc2C)CC1. The van der Waals surface area contributed by atoms with E-state index in [1.54, 1.807) is 11.3 Å². The van der Waals surface area contributed by atoms with Gasteiger partial charge in [-0.1, -0.05) is 13.3 Å². The first-order valence-corrected chi connectivity index (χ1v) is 6.80. The highest BCUT2D eigenvalue weighted by Gasteiger charge is 2.35. The maximum absolute atomic E-state index is 10.6. The molecule has 1 aromatic rings. The van der Waals surface area contributed by atoms with Gasteiger partial charge in [0.25, 0.3) is 0 Å². The maximum Gasteiger partial charge on any atom is 0.0990 e. The second-order valence-corrected chi connectivity index (χ2v) is 5.73. The second kappa shape index (κ2) is 4.26. The topological polar surface area (TPSA) is 20.2 Å². The summed E-state index contributed by atoms with van der Waals surface area (Å²) in [6.45, 7) is 4.36. The first-order valence-electron chi connectivity index (χ1n) is 5.92. The van der Waals surface area contributed by atoms with E-state index in [2.05, 4.69) is 25.3 Å². The molecule has 0 aliphatic heterocycles. The van der Waals surface area contributed by atoms with Crippen molar-refractivity contribution < 1.29 is 5.11 Å². The Bertz CT molecular complexity index is 321. The summed E-state index contributed by atoms with van der Waals surface area (Å²) in [6, 6.07) is 2.11. The zero-order valence-corrected chi connectivity index (χ0v) is 10.4. The Labute approximate surface area is 96.1 Å². The van der Waals surface area contributed by atoms with Gasteiger partial charge in [-0.2, -0.15) is 0 Å². The molecule has 1 saturated carbocycles. The summed E-state index contributed by atoms with van der Waals surface area (Å²) in [5.41, 5.74) is 0.752. The largest absolute Gasteiger partial charge is 0.384 e. The van der Waals surface area contributed by atoms with E-state index in [1.807, 2.05) is 0 Å². The van der Waals surface area contributed by atoms with Crippen LogP contribution in [0, 0.1) is 12.8 Å². The van der Waals surface area contributed by atoms with Crippen molar-refractivity contribution >= 4 is 11.3 Å². The fourth-order valence-corrected chi connectivity index (χ4v) is 3.73. The standard InChI is InChI=1S/C13H20OS/c1-3-11-4-7-13(14,8-5-11)12-10(2)6-9-15-12/h6,9,11,14H,3-5,7-8H2,1-2H3. The van der Waals surface area contributed by atoms with E-state index in [0.29, 0.717) is 0 Å². The summed E-state index contributed by atoms with van der Waals surface area (Å²) in [7, 11) is 0. The number of thiophene rings is 1. The zero-order valence-electron chi connectivity index (χ0n) is 9.62. The van der Waals surface area contributed by atoms with Gasteiger partial charge in [-0.25, -0.2) is 0 Å². The lowest BCUT2D eigenvalue weighted by molar-refractivity contribution is -0.0118. The summed E-state index contributed by atoms with van der Waals surface area (Å²) in [6.07, 6.45) is 5.54. The molecule has 0 saturated heterocycles. The first kappa shape index (κ1) is 11.2. The molecule has 0 amide bonds. The van der Waals surface area contributed by atoms with Gasteiger partial charge in [0.05, 0.1) is 5.60 Å². The van der Waals surface area contributed by atoms with Crippen LogP contribution in [-0.4, -0.2) is 5.11 Å². The van der Waals surface area contributed by atoms with Gasteiger partial charge in [-0.05, 0) is 55.5 Å². The van der Waals surface area contributed by atoms with Gasteiger partial charge in [0.15, 0.2) is 0 Å². The fraction of sp³-hybridized carbons (Fsp3) is 0.692. The third-order valence-corrected chi connectivity index (χ3v) is 5.00. The average Bonchev–Trinajstić information content (AvgIpc) is 2.66. The van der Waals surface area contributed by atoms with Gasteiger partial charge in [0, 0.05) is 4.88 Å². The van der Waals surface area contributed by atoms with Gasteiger partial charge in [0.2, 0.25) is 0 Å². The highest BCUT2D eigenvalue weighted by molar-refractivity contribution is 7.10. The van der Waals surface area contributed by atoms with Crippen LogP contribution in [0.15, 0.2) is 11.4 Å². The predicted molar refractivity (Wildman–Crippen MR) is 65.2 cm³/mol. The fourth-order valence-electron chi connectivity index (χ4n) is 2.64. The maximum atomic E-state index is 10.6. The molecule has 0 radical (unpaired) electrons. The van der Waals surface area contributed by atoms with E-state index in [-0.39, 0.29) is 0 Å². The Hall–Kier alpha value is -0.340. The first-order chi connectivity index (χ1) is 7.15. The lowest BCUT2D eigenvalue weighted by Gasteiger charge is -2.35. The van der Waals surface area contributed by atoms with E-state index in [9.17, 15) is 5.11 Å². The summed E-state index contributed by atoms with van der Waals surface area (Å²) >= 11 is 1.71. The monoisotopic (exact) mass is 224 g/mol. The van der Waals surface area contributed by atoms with Crippen molar-refractivity contribution in [2.75, 3.05) is 0 Å². The number of aryl methyl sites for hydroxylation is 1. The Balaban J connectivity index is 2.13. The van der Waals surface area contributed by atoms with Crippen molar-refractivity contribution in [3.63, 3.8) is 0 Å². The van der Waals surface area contributed by atoms with Gasteiger partial charge in [-0.15, -0.1) is 11.3 Å². The van der Waals surface area contributed by atoms with Gasteiger partial charge < -0.3 is 5.11 Å². The van der Waals surface area contributed by atoms with Gasteiger partial charge in [0.1, 0.15) is 0 Å². The summed E-state index contributed by atoms with van der Waals surface area (Å²) in [5.74, 6) is 0.838. The molecule has 0 atom stereocenters. The van der Waals surface area contributed by atoms with Crippen LogP contribution < -0.4 is 0 Å². The summed E-state index contributed by atoms with van der Waals surface area (Å²) in [4.78, 5) is 1.21. The zero-order chi connectivity index (χ0) is 10.9. The average molecular weight is 224 g/mol. The van der Waals surface area contributed by atoms with Gasteiger partial charge >= 0.3 is 0 Å². The number of aliphatic hydroxyl groups is 1. The molecule has 84 valence electrons. The summed E-state index contributed by atoms with van der Waals surface area (Å²) in [5, 5.41) is 12.7. The molecule has 2 rings (SSSR count). The highest BCUT2D eigenvalue weighted by atomic mass is 32.1. The molecule has 1 aromatic heterocycles.